The van der Waals surface area contributed by atoms with Gasteiger partial charge in [-0.15, -0.1) is 0 Å². The Balaban J connectivity index is 1.61. The quantitative estimate of drug-likeness (QED) is 0.619. The summed E-state index contributed by atoms with van der Waals surface area (Å²) in [6.45, 7) is 0.440. The number of aromatic nitrogens is 5. The number of hydrogen-bond acceptors (Lipinski definition) is 5. The van der Waals surface area contributed by atoms with Crippen molar-refractivity contribution in [3.63, 3.8) is 0 Å². The van der Waals surface area contributed by atoms with E-state index >= 15 is 0 Å². The van der Waals surface area contributed by atoms with E-state index in [0.717, 1.165) is 23.5 Å². The predicted molar refractivity (Wildman–Crippen MR) is 88.1 cm³/mol. The maximum absolute atomic E-state index is 13.5. The third-order valence-corrected chi connectivity index (χ3v) is 3.72. The highest BCUT2D eigenvalue weighted by molar-refractivity contribution is 5.88. The van der Waals surface area contributed by atoms with Crippen LogP contribution in [0.25, 0.3) is 16.7 Å². The lowest BCUT2D eigenvalue weighted by Gasteiger charge is -2.10. The zero-order chi connectivity index (χ0) is 17.2. The molecule has 0 unspecified atom stereocenters. The van der Waals surface area contributed by atoms with Gasteiger partial charge in [-0.3, -0.25) is 4.57 Å². The normalized spacial score (nSPS) is 11.0. The van der Waals surface area contributed by atoms with Crippen LogP contribution >= 0.6 is 0 Å². The minimum atomic E-state index is -0.934. The molecule has 25 heavy (non-hydrogen) atoms. The first-order chi connectivity index (χ1) is 12.2. The molecule has 0 radical (unpaired) electrons. The Morgan fingerprint density at radius 3 is 2.72 bits per heavy atom. The van der Waals surface area contributed by atoms with Crippen LogP contribution in [0.5, 0.6) is 0 Å². The number of benzene rings is 1. The Labute approximate surface area is 141 Å². The van der Waals surface area contributed by atoms with Crippen LogP contribution in [0.1, 0.15) is 5.56 Å². The first-order valence-electron chi connectivity index (χ1n) is 7.47. The van der Waals surface area contributed by atoms with Gasteiger partial charge in [0, 0.05) is 36.6 Å². The highest BCUT2D eigenvalue weighted by atomic mass is 19.2. The molecule has 0 fully saturated rings. The number of imidazole rings is 1. The maximum Gasteiger partial charge on any atom is 0.161 e. The molecule has 1 aromatic carbocycles. The van der Waals surface area contributed by atoms with Crippen LogP contribution in [-0.4, -0.2) is 24.5 Å². The number of fused-ring (bicyclic) bond motifs is 1. The van der Waals surface area contributed by atoms with Crippen LogP contribution in [0.2, 0.25) is 0 Å². The molecule has 0 aliphatic rings. The van der Waals surface area contributed by atoms with Gasteiger partial charge in [0.25, 0.3) is 0 Å². The Bertz CT molecular complexity index is 1030. The summed E-state index contributed by atoms with van der Waals surface area (Å²) in [5.74, 6) is -0.699. The van der Waals surface area contributed by atoms with Crippen LogP contribution in [0.15, 0.2) is 55.5 Å². The molecule has 3 aromatic heterocycles. The standard InChI is InChI=1S/C17H12F2N6/c18-13-6-12-15(7-14(13)19)23-9-24-17(12)22-8-11-1-2-21-16(5-11)25-4-3-20-10-25/h1-7,9-10H,8H2,(H,22,23,24). The van der Waals surface area contributed by atoms with Gasteiger partial charge >= 0.3 is 0 Å². The summed E-state index contributed by atoms with van der Waals surface area (Å²) in [5.41, 5.74) is 1.29. The fourth-order valence-corrected chi connectivity index (χ4v) is 2.48. The molecule has 0 aliphatic heterocycles. The zero-order valence-electron chi connectivity index (χ0n) is 12.9. The number of nitrogens with one attached hydrogen (secondary N) is 1. The molecule has 0 saturated heterocycles. The average Bonchev–Trinajstić information content (AvgIpc) is 3.16. The van der Waals surface area contributed by atoms with Gasteiger partial charge in [0.2, 0.25) is 0 Å². The average molecular weight is 338 g/mol. The number of pyridine rings is 1. The molecule has 0 bridgehead atoms. The van der Waals surface area contributed by atoms with E-state index in [4.69, 9.17) is 0 Å². The van der Waals surface area contributed by atoms with E-state index in [1.54, 1.807) is 29.5 Å². The number of anilines is 1. The third kappa shape index (κ3) is 3.01. The highest BCUT2D eigenvalue weighted by Gasteiger charge is 2.09. The van der Waals surface area contributed by atoms with E-state index in [1.165, 1.54) is 6.33 Å². The Morgan fingerprint density at radius 2 is 1.88 bits per heavy atom. The minimum Gasteiger partial charge on any atom is -0.365 e. The summed E-state index contributed by atoms with van der Waals surface area (Å²) in [6, 6.07) is 5.91. The number of hydrogen-bond donors (Lipinski definition) is 1. The summed E-state index contributed by atoms with van der Waals surface area (Å²) < 4.78 is 28.7. The van der Waals surface area contributed by atoms with E-state index in [0.29, 0.717) is 23.3 Å². The molecule has 0 aliphatic carbocycles. The molecule has 4 aromatic rings. The van der Waals surface area contributed by atoms with Crippen molar-refractivity contribution in [3.8, 4) is 5.82 Å². The largest absolute Gasteiger partial charge is 0.365 e. The Morgan fingerprint density at radius 1 is 1.00 bits per heavy atom. The van der Waals surface area contributed by atoms with Crippen LogP contribution in [0, 0.1) is 11.6 Å². The summed E-state index contributed by atoms with van der Waals surface area (Å²) >= 11 is 0. The highest BCUT2D eigenvalue weighted by Crippen LogP contribution is 2.22. The second kappa shape index (κ2) is 6.23. The van der Waals surface area contributed by atoms with E-state index in [-0.39, 0.29) is 0 Å². The van der Waals surface area contributed by atoms with Crippen molar-refractivity contribution in [2.24, 2.45) is 0 Å². The second-order valence-corrected chi connectivity index (χ2v) is 5.35. The fraction of sp³-hybridized carbons (Fsp3) is 0.0588. The first-order valence-corrected chi connectivity index (χ1v) is 7.47. The topological polar surface area (TPSA) is 68.5 Å². The van der Waals surface area contributed by atoms with E-state index < -0.39 is 11.6 Å². The van der Waals surface area contributed by atoms with Gasteiger partial charge < -0.3 is 5.32 Å². The lowest BCUT2D eigenvalue weighted by atomic mass is 10.2. The van der Waals surface area contributed by atoms with Gasteiger partial charge in [-0.1, -0.05) is 0 Å². The first kappa shape index (κ1) is 15.1. The lowest BCUT2D eigenvalue weighted by Crippen LogP contribution is -2.04. The molecule has 0 saturated carbocycles. The number of rotatable bonds is 4. The van der Waals surface area contributed by atoms with Crippen LogP contribution < -0.4 is 5.32 Å². The van der Waals surface area contributed by atoms with Crippen LogP contribution in [-0.2, 0) is 6.54 Å². The van der Waals surface area contributed by atoms with Crippen LogP contribution in [0.4, 0.5) is 14.6 Å². The van der Waals surface area contributed by atoms with Gasteiger partial charge in [-0.25, -0.2) is 28.7 Å². The van der Waals surface area contributed by atoms with Gasteiger partial charge in [0.05, 0.1) is 5.52 Å². The fourth-order valence-electron chi connectivity index (χ4n) is 2.48. The van der Waals surface area contributed by atoms with Crippen molar-refractivity contribution in [1.29, 1.82) is 0 Å². The Kier molecular flexibility index (Phi) is 3.77. The van der Waals surface area contributed by atoms with Crippen molar-refractivity contribution in [2.75, 3.05) is 5.32 Å². The lowest BCUT2D eigenvalue weighted by molar-refractivity contribution is 0.510. The third-order valence-electron chi connectivity index (χ3n) is 3.72. The molecule has 8 heteroatoms. The SMILES string of the molecule is Fc1cc2ncnc(NCc3ccnc(-n4ccnc4)c3)c2cc1F. The van der Waals surface area contributed by atoms with Crippen molar-refractivity contribution >= 4 is 16.7 Å². The molecular weight excluding hydrogens is 326 g/mol. The second-order valence-electron chi connectivity index (χ2n) is 5.35. The van der Waals surface area contributed by atoms with Crippen LogP contribution in [0.3, 0.4) is 0 Å². The summed E-state index contributed by atoms with van der Waals surface area (Å²) in [5, 5.41) is 3.55. The predicted octanol–water partition coefficient (Wildman–Crippen LogP) is 3.10. The molecular formula is C17H12F2N6. The monoisotopic (exact) mass is 338 g/mol. The summed E-state index contributed by atoms with van der Waals surface area (Å²) in [4.78, 5) is 16.4. The molecule has 0 spiro atoms. The number of halogens is 2. The molecule has 124 valence electrons. The van der Waals surface area contributed by atoms with Crippen molar-refractivity contribution in [2.45, 2.75) is 6.54 Å². The van der Waals surface area contributed by atoms with Crippen molar-refractivity contribution in [1.82, 2.24) is 24.5 Å². The van der Waals surface area contributed by atoms with E-state index in [1.807, 2.05) is 12.1 Å². The van der Waals surface area contributed by atoms with Gasteiger partial charge in [-0.05, 0) is 23.8 Å². The van der Waals surface area contributed by atoms with Crippen molar-refractivity contribution < 1.29 is 8.78 Å². The smallest absolute Gasteiger partial charge is 0.161 e. The molecule has 0 atom stereocenters. The maximum atomic E-state index is 13.5. The number of nitrogens with zero attached hydrogens (tertiary/aromatic N) is 5. The van der Waals surface area contributed by atoms with Crippen molar-refractivity contribution in [3.05, 3.63) is 72.7 Å². The van der Waals surface area contributed by atoms with Gasteiger partial charge in [0.1, 0.15) is 24.3 Å². The van der Waals surface area contributed by atoms with Gasteiger partial charge in [-0.2, -0.15) is 0 Å². The molecule has 6 nitrogen and oxygen atoms in total. The minimum absolute atomic E-state index is 0.338. The zero-order valence-corrected chi connectivity index (χ0v) is 12.9. The Hall–Kier alpha value is -3.42. The van der Waals surface area contributed by atoms with E-state index in [9.17, 15) is 8.78 Å². The van der Waals surface area contributed by atoms with Gasteiger partial charge in [0.15, 0.2) is 11.6 Å². The molecule has 0 amide bonds. The molecule has 3 heterocycles. The molecule has 1 N–H and O–H groups in total. The molecule has 4 rings (SSSR count). The summed E-state index contributed by atoms with van der Waals surface area (Å²) in [7, 11) is 0. The summed E-state index contributed by atoms with van der Waals surface area (Å²) in [6.07, 6.45) is 8.14. The van der Waals surface area contributed by atoms with E-state index in [2.05, 4.69) is 25.3 Å².